The van der Waals surface area contributed by atoms with Gasteiger partial charge in [0.15, 0.2) is 11.5 Å². The van der Waals surface area contributed by atoms with Gasteiger partial charge in [0.25, 0.3) is 5.91 Å². The summed E-state index contributed by atoms with van der Waals surface area (Å²) in [6, 6.07) is 7.52. The van der Waals surface area contributed by atoms with Gasteiger partial charge in [-0.05, 0) is 43.2 Å². The molecule has 2 aromatic carbocycles. The van der Waals surface area contributed by atoms with Crippen molar-refractivity contribution in [2.75, 3.05) is 20.8 Å². The second-order valence-corrected chi connectivity index (χ2v) is 6.84. The predicted octanol–water partition coefficient (Wildman–Crippen LogP) is 4.01. The summed E-state index contributed by atoms with van der Waals surface area (Å²) in [5, 5.41) is 4.02. The first kappa shape index (κ1) is 19.8. The van der Waals surface area contributed by atoms with Crippen molar-refractivity contribution in [1.29, 1.82) is 0 Å². The van der Waals surface area contributed by atoms with Crippen molar-refractivity contribution in [1.82, 2.24) is 15.0 Å². The normalized spacial score (nSPS) is 16.0. The van der Waals surface area contributed by atoms with E-state index in [4.69, 9.17) is 14.0 Å². The molecule has 1 aliphatic rings. The number of benzene rings is 2. The minimum absolute atomic E-state index is 0.0565. The molecule has 30 heavy (non-hydrogen) atoms. The second-order valence-electron chi connectivity index (χ2n) is 6.84. The number of nitrogens with zero attached hydrogens (tertiary/aromatic N) is 3. The Morgan fingerprint density at radius 3 is 2.53 bits per heavy atom. The van der Waals surface area contributed by atoms with Gasteiger partial charge in [-0.2, -0.15) is 4.98 Å². The Balaban J connectivity index is 1.60. The third kappa shape index (κ3) is 3.70. The summed E-state index contributed by atoms with van der Waals surface area (Å²) in [4.78, 5) is 18.8. The number of amides is 1. The summed E-state index contributed by atoms with van der Waals surface area (Å²) in [5.74, 6) is -0.399. The van der Waals surface area contributed by atoms with Crippen LogP contribution >= 0.6 is 0 Å². The lowest BCUT2D eigenvalue weighted by Crippen LogP contribution is -2.30. The molecule has 1 unspecified atom stereocenters. The van der Waals surface area contributed by atoms with E-state index in [1.165, 1.54) is 12.0 Å². The van der Waals surface area contributed by atoms with E-state index in [2.05, 4.69) is 10.1 Å². The number of halogens is 2. The summed E-state index contributed by atoms with van der Waals surface area (Å²) in [5.41, 5.74) is 0.602. The van der Waals surface area contributed by atoms with Crippen LogP contribution in [0.5, 0.6) is 11.5 Å². The highest BCUT2D eigenvalue weighted by Gasteiger charge is 2.35. The van der Waals surface area contributed by atoms with Gasteiger partial charge in [-0.3, -0.25) is 4.79 Å². The van der Waals surface area contributed by atoms with Gasteiger partial charge in [-0.1, -0.05) is 5.16 Å². The van der Waals surface area contributed by atoms with Crippen molar-refractivity contribution >= 4 is 5.91 Å². The summed E-state index contributed by atoms with van der Waals surface area (Å²) in [6.45, 7) is 0.426. The zero-order valence-electron chi connectivity index (χ0n) is 16.4. The molecule has 0 aliphatic carbocycles. The molecule has 156 valence electrons. The maximum atomic E-state index is 13.5. The van der Waals surface area contributed by atoms with Gasteiger partial charge in [0.2, 0.25) is 11.7 Å². The van der Waals surface area contributed by atoms with Gasteiger partial charge in [-0.25, -0.2) is 8.78 Å². The van der Waals surface area contributed by atoms with E-state index in [0.717, 1.165) is 18.2 Å². The Hall–Kier alpha value is -3.49. The van der Waals surface area contributed by atoms with Crippen molar-refractivity contribution in [2.24, 2.45) is 0 Å². The number of carbonyl (C=O) groups is 1. The summed E-state index contributed by atoms with van der Waals surface area (Å²) in [6.07, 6.45) is 1.32. The molecule has 1 fully saturated rings. The van der Waals surface area contributed by atoms with Crippen LogP contribution in [-0.2, 0) is 0 Å². The smallest absolute Gasteiger partial charge is 0.254 e. The van der Waals surface area contributed by atoms with Crippen LogP contribution in [-0.4, -0.2) is 41.7 Å². The predicted molar refractivity (Wildman–Crippen MR) is 102 cm³/mol. The zero-order valence-corrected chi connectivity index (χ0v) is 16.4. The molecular formula is C21H19F2N3O4. The van der Waals surface area contributed by atoms with Gasteiger partial charge < -0.3 is 18.9 Å². The standard InChI is InChI=1S/C21H19F2N3O4/c1-28-17-6-5-12(10-18(17)29-2)19-24-20(30-25-19)16-4-3-7-26(16)21(27)13-8-14(22)11-15(23)9-13/h5-6,8-11,16H,3-4,7H2,1-2H3. The number of hydrogen-bond acceptors (Lipinski definition) is 6. The molecular weight excluding hydrogens is 396 g/mol. The number of carbonyl (C=O) groups excluding carboxylic acids is 1. The first-order valence-electron chi connectivity index (χ1n) is 9.33. The maximum Gasteiger partial charge on any atom is 0.254 e. The Morgan fingerprint density at radius 1 is 1.10 bits per heavy atom. The van der Waals surface area contributed by atoms with Gasteiger partial charge in [0.1, 0.15) is 17.7 Å². The Labute approximate surface area is 171 Å². The van der Waals surface area contributed by atoms with Crippen LogP contribution in [0.4, 0.5) is 8.78 Å². The molecule has 3 aromatic rings. The molecule has 1 aromatic heterocycles. The largest absolute Gasteiger partial charge is 0.493 e. The maximum absolute atomic E-state index is 13.5. The minimum Gasteiger partial charge on any atom is -0.493 e. The highest BCUT2D eigenvalue weighted by atomic mass is 19.1. The molecule has 0 spiro atoms. The lowest BCUT2D eigenvalue weighted by molar-refractivity contribution is 0.0709. The second kappa shape index (κ2) is 8.10. The van der Waals surface area contributed by atoms with E-state index in [9.17, 15) is 13.6 Å². The summed E-state index contributed by atoms with van der Waals surface area (Å²) in [7, 11) is 3.07. The Kier molecular flexibility index (Phi) is 5.35. The molecule has 0 N–H and O–H groups in total. The van der Waals surface area contributed by atoms with E-state index < -0.39 is 23.6 Å². The van der Waals surface area contributed by atoms with Crippen LogP contribution in [0.25, 0.3) is 11.4 Å². The fourth-order valence-electron chi connectivity index (χ4n) is 3.57. The van der Waals surface area contributed by atoms with Crippen LogP contribution in [0.2, 0.25) is 0 Å². The molecule has 9 heteroatoms. The van der Waals surface area contributed by atoms with Crippen LogP contribution in [0.1, 0.15) is 35.1 Å². The highest BCUT2D eigenvalue weighted by Crippen LogP contribution is 2.35. The number of hydrogen-bond donors (Lipinski definition) is 0. The quantitative estimate of drug-likeness (QED) is 0.627. The molecule has 0 bridgehead atoms. The molecule has 4 rings (SSSR count). The SMILES string of the molecule is COc1ccc(-c2noc(C3CCCN3C(=O)c3cc(F)cc(F)c3)n2)cc1OC. The molecule has 1 atom stereocenters. The third-order valence-electron chi connectivity index (χ3n) is 4.99. The van der Waals surface area contributed by atoms with Crippen molar-refractivity contribution in [3.63, 3.8) is 0 Å². The van der Waals surface area contributed by atoms with E-state index in [0.29, 0.717) is 42.3 Å². The van der Waals surface area contributed by atoms with Crippen molar-refractivity contribution in [3.05, 3.63) is 59.5 Å². The van der Waals surface area contributed by atoms with Gasteiger partial charge in [-0.15, -0.1) is 0 Å². The van der Waals surface area contributed by atoms with Crippen LogP contribution < -0.4 is 9.47 Å². The van der Waals surface area contributed by atoms with Gasteiger partial charge in [0, 0.05) is 23.7 Å². The van der Waals surface area contributed by atoms with Crippen molar-refractivity contribution < 1.29 is 27.6 Å². The number of ether oxygens (including phenoxy) is 2. The number of methoxy groups -OCH3 is 2. The van der Waals surface area contributed by atoms with Crippen molar-refractivity contribution in [3.8, 4) is 22.9 Å². The Bertz CT molecular complexity index is 1070. The molecule has 2 heterocycles. The zero-order chi connectivity index (χ0) is 21.3. The van der Waals surface area contributed by atoms with E-state index >= 15 is 0 Å². The lowest BCUT2D eigenvalue weighted by Gasteiger charge is -2.22. The molecule has 1 aliphatic heterocycles. The summed E-state index contributed by atoms with van der Waals surface area (Å²) >= 11 is 0. The minimum atomic E-state index is -0.803. The Morgan fingerprint density at radius 2 is 1.83 bits per heavy atom. The first-order chi connectivity index (χ1) is 14.5. The molecule has 7 nitrogen and oxygen atoms in total. The van der Waals surface area contributed by atoms with E-state index in [-0.39, 0.29) is 11.5 Å². The topological polar surface area (TPSA) is 77.7 Å². The van der Waals surface area contributed by atoms with Crippen LogP contribution in [0, 0.1) is 11.6 Å². The summed E-state index contributed by atoms with van der Waals surface area (Å²) < 4.78 is 43.0. The fraction of sp³-hybridized carbons (Fsp3) is 0.286. The highest BCUT2D eigenvalue weighted by molar-refractivity contribution is 5.94. The third-order valence-corrected chi connectivity index (χ3v) is 4.99. The molecule has 0 saturated carbocycles. The lowest BCUT2D eigenvalue weighted by atomic mass is 10.1. The van der Waals surface area contributed by atoms with Crippen LogP contribution in [0.3, 0.4) is 0 Å². The molecule has 0 radical (unpaired) electrons. The molecule has 1 amide bonds. The average Bonchev–Trinajstić information content (AvgIpc) is 3.41. The van der Waals surface area contributed by atoms with E-state index in [1.54, 1.807) is 25.3 Å². The van der Waals surface area contributed by atoms with Gasteiger partial charge >= 0.3 is 0 Å². The van der Waals surface area contributed by atoms with Gasteiger partial charge in [0.05, 0.1) is 14.2 Å². The van der Waals surface area contributed by atoms with Crippen LogP contribution in [0.15, 0.2) is 40.9 Å². The first-order valence-corrected chi connectivity index (χ1v) is 9.33. The fourth-order valence-corrected chi connectivity index (χ4v) is 3.57. The number of likely N-dealkylation sites (tertiary alicyclic amines) is 1. The number of rotatable bonds is 5. The monoisotopic (exact) mass is 415 g/mol. The number of aromatic nitrogens is 2. The van der Waals surface area contributed by atoms with E-state index in [1.807, 2.05) is 0 Å². The molecule has 1 saturated heterocycles. The average molecular weight is 415 g/mol. The van der Waals surface area contributed by atoms with Crippen molar-refractivity contribution in [2.45, 2.75) is 18.9 Å².